The van der Waals surface area contributed by atoms with Gasteiger partial charge in [0, 0.05) is 19.1 Å². The fraction of sp³-hybridized carbons (Fsp3) is 0.867. The van der Waals surface area contributed by atoms with Crippen LogP contribution in [0.3, 0.4) is 0 Å². The second-order valence-corrected chi connectivity index (χ2v) is 6.34. The summed E-state index contributed by atoms with van der Waals surface area (Å²) in [5.74, 6) is -0.735. The van der Waals surface area contributed by atoms with Crippen LogP contribution in [0, 0.1) is 5.92 Å². The van der Waals surface area contributed by atoms with E-state index < -0.39 is 12.0 Å². The number of hydrogen-bond acceptors (Lipinski definition) is 3. The van der Waals surface area contributed by atoms with E-state index in [1.54, 1.807) is 4.90 Å². The zero-order valence-corrected chi connectivity index (χ0v) is 13.6. The van der Waals surface area contributed by atoms with Crippen molar-refractivity contribution in [1.82, 2.24) is 15.1 Å². The molecule has 122 valence electrons. The number of likely N-dealkylation sites (N-methyl/N-ethyl adjacent to an activating group) is 1. The van der Waals surface area contributed by atoms with E-state index in [9.17, 15) is 14.7 Å². The first-order chi connectivity index (χ1) is 9.85. The summed E-state index contributed by atoms with van der Waals surface area (Å²) in [6, 6.07) is -0.910. The van der Waals surface area contributed by atoms with Gasteiger partial charge in [-0.05, 0) is 38.8 Å². The van der Waals surface area contributed by atoms with E-state index in [0.29, 0.717) is 13.0 Å². The number of carboxylic acid groups (broad SMARTS) is 1. The summed E-state index contributed by atoms with van der Waals surface area (Å²) in [5.41, 5.74) is 0. The minimum atomic E-state index is -0.961. The topological polar surface area (TPSA) is 72.9 Å². The van der Waals surface area contributed by atoms with Crippen LogP contribution >= 0.6 is 0 Å². The van der Waals surface area contributed by atoms with Gasteiger partial charge in [0.05, 0.1) is 0 Å². The molecular weight excluding hydrogens is 270 g/mol. The summed E-state index contributed by atoms with van der Waals surface area (Å²) in [6.45, 7) is 8.46. The summed E-state index contributed by atoms with van der Waals surface area (Å²) >= 11 is 0. The number of urea groups is 1. The van der Waals surface area contributed by atoms with Crippen LogP contribution in [0.4, 0.5) is 4.79 Å². The molecule has 0 aromatic carbocycles. The van der Waals surface area contributed by atoms with Crippen molar-refractivity contribution in [3.05, 3.63) is 0 Å². The first-order valence-corrected chi connectivity index (χ1v) is 7.83. The Balaban J connectivity index is 2.72. The highest BCUT2D eigenvalue weighted by molar-refractivity contribution is 5.82. The highest BCUT2D eigenvalue weighted by Crippen LogP contribution is 2.13. The first-order valence-electron chi connectivity index (χ1n) is 7.83. The molecule has 21 heavy (non-hydrogen) atoms. The van der Waals surface area contributed by atoms with Crippen molar-refractivity contribution >= 4 is 12.0 Å². The van der Waals surface area contributed by atoms with E-state index in [1.165, 1.54) is 0 Å². The standard InChI is InChI=1S/C15H29N3O3/c1-5-12-10-17(4)7-6-8-18(12)15(21)16-13(14(19)20)9-11(2)3/h11-13H,5-10H2,1-4H3,(H,16,21)(H,19,20). The van der Waals surface area contributed by atoms with E-state index in [0.717, 1.165) is 25.9 Å². The van der Waals surface area contributed by atoms with Crippen LogP contribution in [0.5, 0.6) is 0 Å². The van der Waals surface area contributed by atoms with Crippen LogP contribution in [0.15, 0.2) is 0 Å². The Labute approximate surface area is 127 Å². The second-order valence-electron chi connectivity index (χ2n) is 6.34. The number of carboxylic acids is 1. The normalized spacial score (nSPS) is 22.0. The summed E-state index contributed by atoms with van der Waals surface area (Å²) in [6.07, 6.45) is 2.24. The number of carbonyl (C=O) groups excluding carboxylic acids is 1. The smallest absolute Gasteiger partial charge is 0.326 e. The molecule has 6 nitrogen and oxygen atoms in total. The molecular formula is C15H29N3O3. The molecule has 1 fully saturated rings. The molecule has 2 atom stereocenters. The summed E-state index contributed by atoms with van der Waals surface area (Å²) in [4.78, 5) is 27.8. The molecule has 0 bridgehead atoms. The van der Waals surface area contributed by atoms with Crippen molar-refractivity contribution in [1.29, 1.82) is 0 Å². The number of rotatable bonds is 5. The maximum absolute atomic E-state index is 12.5. The van der Waals surface area contributed by atoms with Gasteiger partial charge in [-0.1, -0.05) is 20.8 Å². The molecule has 0 saturated carbocycles. The molecule has 1 aliphatic heterocycles. The molecule has 6 heteroatoms. The molecule has 2 N–H and O–H groups in total. The van der Waals surface area contributed by atoms with Crippen molar-refractivity contribution in [2.75, 3.05) is 26.7 Å². The number of amides is 2. The zero-order chi connectivity index (χ0) is 16.0. The van der Waals surface area contributed by atoms with Gasteiger partial charge in [0.1, 0.15) is 6.04 Å². The van der Waals surface area contributed by atoms with E-state index in [2.05, 4.69) is 24.2 Å². The van der Waals surface area contributed by atoms with Gasteiger partial charge in [0.25, 0.3) is 0 Å². The van der Waals surface area contributed by atoms with E-state index >= 15 is 0 Å². The largest absolute Gasteiger partial charge is 0.480 e. The molecule has 0 aromatic heterocycles. The third-order valence-corrected chi connectivity index (χ3v) is 3.94. The predicted octanol–water partition coefficient (Wildman–Crippen LogP) is 1.61. The van der Waals surface area contributed by atoms with Crippen molar-refractivity contribution < 1.29 is 14.7 Å². The van der Waals surface area contributed by atoms with Gasteiger partial charge in [-0.3, -0.25) is 0 Å². The van der Waals surface area contributed by atoms with Gasteiger partial charge < -0.3 is 20.2 Å². The minimum absolute atomic E-state index is 0.144. The van der Waals surface area contributed by atoms with Crippen molar-refractivity contribution in [2.24, 2.45) is 5.92 Å². The monoisotopic (exact) mass is 299 g/mol. The van der Waals surface area contributed by atoms with Gasteiger partial charge in [0.15, 0.2) is 0 Å². The average molecular weight is 299 g/mol. The quantitative estimate of drug-likeness (QED) is 0.809. The molecule has 1 aliphatic rings. The Hall–Kier alpha value is -1.30. The van der Waals surface area contributed by atoms with Crippen LogP contribution in [-0.2, 0) is 4.79 Å². The molecule has 1 saturated heterocycles. The average Bonchev–Trinajstić information content (AvgIpc) is 2.58. The lowest BCUT2D eigenvalue weighted by molar-refractivity contribution is -0.139. The van der Waals surface area contributed by atoms with Crippen molar-refractivity contribution in [2.45, 2.75) is 52.1 Å². The predicted molar refractivity (Wildman–Crippen MR) is 82.3 cm³/mol. The molecule has 1 rings (SSSR count). The molecule has 0 aromatic rings. The third-order valence-electron chi connectivity index (χ3n) is 3.94. The molecule has 0 aliphatic carbocycles. The number of aliphatic carboxylic acids is 1. The first kappa shape index (κ1) is 17.8. The van der Waals surface area contributed by atoms with Gasteiger partial charge >= 0.3 is 12.0 Å². The highest BCUT2D eigenvalue weighted by Gasteiger charge is 2.29. The molecule has 0 radical (unpaired) electrons. The number of carbonyl (C=O) groups is 2. The summed E-state index contributed by atoms with van der Waals surface area (Å²) in [5, 5.41) is 11.9. The number of nitrogens with one attached hydrogen (secondary N) is 1. The van der Waals surface area contributed by atoms with Crippen molar-refractivity contribution in [3.8, 4) is 0 Å². The lowest BCUT2D eigenvalue weighted by Crippen LogP contribution is -2.52. The SMILES string of the molecule is CCC1CN(C)CCCN1C(=O)NC(CC(C)C)C(=O)O. The maximum atomic E-state index is 12.5. The summed E-state index contributed by atoms with van der Waals surface area (Å²) in [7, 11) is 2.06. The molecule has 2 unspecified atom stereocenters. The third kappa shape index (κ3) is 5.53. The van der Waals surface area contributed by atoms with E-state index in [4.69, 9.17) is 0 Å². The Bertz CT molecular complexity index is 360. The summed E-state index contributed by atoms with van der Waals surface area (Å²) < 4.78 is 0. The highest BCUT2D eigenvalue weighted by atomic mass is 16.4. The lowest BCUT2D eigenvalue weighted by atomic mass is 10.0. The van der Waals surface area contributed by atoms with Crippen LogP contribution in [0.25, 0.3) is 0 Å². The lowest BCUT2D eigenvalue weighted by Gasteiger charge is -2.31. The van der Waals surface area contributed by atoms with Crippen molar-refractivity contribution in [3.63, 3.8) is 0 Å². The number of hydrogen-bond donors (Lipinski definition) is 2. The van der Waals surface area contributed by atoms with Crippen LogP contribution in [-0.4, -0.2) is 65.7 Å². The van der Waals surface area contributed by atoms with E-state index in [1.807, 2.05) is 13.8 Å². The van der Waals surface area contributed by atoms with Gasteiger partial charge in [-0.2, -0.15) is 0 Å². The van der Waals surface area contributed by atoms with Gasteiger partial charge in [0.2, 0.25) is 0 Å². The minimum Gasteiger partial charge on any atom is -0.480 e. The Morgan fingerprint density at radius 2 is 2.00 bits per heavy atom. The Morgan fingerprint density at radius 1 is 1.33 bits per heavy atom. The van der Waals surface area contributed by atoms with E-state index in [-0.39, 0.29) is 18.0 Å². The Morgan fingerprint density at radius 3 is 2.52 bits per heavy atom. The molecule has 2 amide bonds. The molecule has 1 heterocycles. The number of nitrogens with zero attached hydrogens (tertiary/aromatic N) is 2. The molecule has 0 spiro atoms. The van der Waals surface area contributed by atoms with Crippen LogP contribution in [0.1, 0.15) is 40.0 Å². The Kier molecular flexibility index (Phi) is 6.95. The van der Waals surface area contributed by atoms with Crippen LogP contribution in [0.2, 0.25) is 0 Å². The van der Waals surface area contributed by atoms with Gasteiger partial charge in [-0.25, -0.2) is 9.59 Å². The fourth-order valence-electron chi connectivity index (χ4n) is 2.78. The maximum Gasteiger partial charge on any atom is 0.326 e. The fourth-order valence-corrected chi connectivity index (χ4v) is 2.78. The second kappa shape index (κ2) is 8.22. The zero-order valence-electron chi connectivity index (χ0n) is 13.6. The van der Waals surface area contributed by atoms with Gasteiger partial charge in [-0.15, -0.1) is 0 Å². The van der Waals surface area contributed by atoms with Crippen LogP contribution < -0.4 is 5.32 Å².